The van der Waals surface area contributed by atoms with Crippen LogP contribution in [-0.2, 0) is 26.5 Å². The van der Waals surface area contributed by atoms with Crippen LogP contribution in [0.2, 0.25) is 0 Å². The SMILES string of the molecule is CCS(=O)(=O)N1CCc2cc(S(=O)(=O)N3CCCC3)ccc21. The molecule has 1 fully saturated rings. The minimum absolute atomic E-state index is 0.0419. The van der Waals surface area contributed by atoms with Crippen LogP contribution < -0.4 is 4.31 Å². The van der Waals surface area contributed by atoms with Gasteiger partial charge in [-0.15, -0.1) is 0 Å². The molecular formula is C14H20N2O4S2. The Kier molecular flexibility index (Phi) is 3.94. The Hall–Kier alpha value is -1.12. The van der Waals surface area contributed by atoms with Crippen LogP contribution >= 0.6 is 0 Å². The van der Waals surface area contributed by atoms with Gasteiger partial charge in [-0.05, 0) is 49.9 Å². The molecule has 0 saturated carbocycles. The van der Waals surface area contributed by atoms with E-state index in [0.717, 1.165) is 18.4 Å². The third kappa shape index (κ3) is 2.53. The fourth-order valence-electron chi connectivity index (χ4n) is 3.03. The molecule has 0 radical (unpaired) electrons. The number of rotatable bonds is 4. The van der Waals surface area contributed by atoms with Crippen LogP contribution in [0.4, 0.5) is 5.69 Å². The van der Waals surface area contributed by atoms with E-state index in [1.807, 2.05) is 0 Å². The maximum atomic E-state index is 12.6. The van der Waals surface area contributed by atoms with Crippen molar-refractivity contribution in [1.29, 1.82) is 0 Å². The average molecular weight is 344 g/mol. The highest BCUT2D eigenvalue weighted by Gasteiger charge is 2.31. The number of nitrogens with zero attached hydrogens (tertiary/aromatic N) is 2. The van der Waals surface area contributed by atoms with E-state index in [0.29, 0.717) is 31.7 Å². The number of sulfonamides is 2. The first-order valence-electron chi connectivity index (χ1n) is 7.50. The van der Waals surface area contributed by atoms with E-state index in [4.69, 9.17) is 0 Å². The van der Waals surface area contributed by atoms with Crippen LogP contribution in [0.5, 0.6) is 0 Å². The second-order valence-electron chi connectivity index (χ2n) is 5.62. The zero-order valence-electron chi connectivity index (χ0n) is 12.5. The molecule has 3 rings (SSSR count). The fourth-order valence-corrected chi connectivity index (χ4v) is 5.76. The summed E-state index contributed by atoms with van der Waals surface area (Å²) in [5.74, 6) is 0.0419. The van der Waals surface area contributed by atoms with Crippen LogP contribution in [0.15, 0.2) is 23.1 Å². The lowest BCUT2D eigenvalue weighted by Gasteiger charge is -2.19. The summed E-state index contributed by atoms with van der Waals surface area (Å²) in [6.07, 6.45) is 2.34. The minimum Gasteiger partial charge on any atom is -0.270 e. The Balaban J connectivity index is 1.97. The first kappa shape index (κ1) is 15.8. The van der Waals surface area contributed by atoms with E-state index < -0.39 is 20.0 Å². The zero-order chi connectivity index (χ0) is 16.0. The van der Waals surface area contributed by atoms with Crippen molar-refractivity contribution in [2.24, 2.45) is 0 Å². The lowest BCUT2D eigenvalue weighted by molar-refractivity contribution is 0.477. The highest BCUT2D eigenvalue weighted by molar-refractivity contribution is 7.92. The Labute approximate surface area is 131 Å². The molecule has 0 spiro atoms. The number of benzene rings is 1. The summed E-state index contributed by atoms with van der Waals surface area (Å²) in [5.41, 5.74) is 1.40. The molecule has 2 aliphatic rings. The maximum Gasteiger partial charge on any atom is 0.243 e. The standard InChI is InChI=1S/C14H20N2O4S2/c1-2-21(17,18)16-10-7-12-11-13(5-6-14(12)16)22(19,20)15-8-3-4-9-15/h5-6,11H,2-4,7-10H2,1H3. The van der Waals surface area contributed by atoms with E-state index in [9.17, 15) is 16.8 Å². The average Bonchev–Trinajstić information content (AvgIpc) is 3.16. The monoisotopic (exact) mass is 344 g/mol. The molecule has 0 aromatic heterocycles. The molecule has 1 aromatic rings. The maximum absolute atomic E-state index is 12.6. The van der Waals surface area contributed by atoms with Gasteiger partial charge in [-0.2, -0.15) is 4.31 Å². The van der Waals surface area contributed by atoms with Crippen LogP contribution in [0.3, 0.4) is 0 Å². The number of hydrogen-bond acceptors (Lipinski definition) is 4. The minimum atomic E-state index is -3.45. The van der Waals surface area contributed by atoms with Crippen molar-refractivity contribution >= 4 is 25.7 Å². The summed E-state index contributed by atoms with van der Waals surface area (Å²) in [6, 6.07) is 4.78. The van der Waals surface area contributed by atoms with Crippen LogP contribution in [0.1, 0.15) is 25.3 Å². The Morgan fingerprint density at radius 1 is 1.05 bits per heavy atom. The summed E-state index contributed by atoms with van der Waals surface area (Å²) >= 11 is 0. The lowest BCUT2D eigenvalue weighted by atomic mass is 10.2. The molecular weight excluding hydrogens is 324 g/mol. The summed E-state index contributed by atoms with van der Waals surface area (Å²) in [4.78, 5) is 0.267. The molecule has 22 heavy (non-hydrogen) atoms. The predicted octanol–water partition coefficient (Wildman–Crippen LogP) is 1.18. The van der Waals surface area contributed by atoms with Crippen molar-refractivity contribution in [3.63, 3.8) is 0 Å². The van der Waals surface area contributed by atoms with Crippen LogP contribution in [0.25, 0.3) is 0 Å². The first-order chi connectivity index (χ1) is 10.4. The lowest BCUT2D eigenvalue weighted by Crippen LogP contribution is -2.30. The Morgan fingerprint density at radius 3 is 2.36 bits per heavy atom. The van der Waals surface area contributed by atoms with Gasteiger partial charge in [0.15, 0.2) is 0 Å². The topological polar surface area (TPSA) is 74.8 Å². The molecule has 6 nitrogen and oxygen atoms in total. The molecule has 2 aliphatic heterocycles. The third-order valence-electron chi connectivity index (χ3n) is 4.31. The summed E-state index contributed by atoms with van der Waals surface area (Å²) in [7, 11) is -6.76. The van der Waals surface area contributed by atoms with E-state index >= 15 is 0 Å². The molecule has 0 atom stereocenters. The summed E-state index contributed by atoms with van der Waals surface area (Å²) in [5, 5.41) is 0. The number of hydrogen-bond donors (Lipinski definition) is 0. The van der Waals surface area contributed by atoms with Crippen molar-refractivity contribution < 1.29 is 16.8 Å². The predicted molar refractivity (Wildman–Crippen MR) is 84.9 cm³/mol. The van der Waals surface area contributed by atoms with E-state index in [2.05, 4.69) is 0 Å². The number of anilines is 1. The van der Waals surface area contributed by atoms with E-state index in [-0.39, 0.29) is 10.6 Å². The third-order valence-corrected chi connectivity index (χ3v) is 7.98. The zero-order valence-corrected chi connectivity index (χ0v) is 14.2. The quantitative estimate of drug-likeness (QED) is 0.822. The molecule has 0 bridgehead atoms. The highest BCUT2D eigenvalue weighted by atomic mass is 32.2. The Morgan fingerprint density at radius 2 is 1.73 bits per heavy atom. The summed E-state index contributed by atoms with van der Waals surface area (Å²) < 4.78 is 52.1. The van der Waals surface area contributed by atoms with Gasteiger partial charge >= 0.3 is 0 Å². The Bertz CT molecular complexity index is 781. The van der Waals surface area contributed by atoms with E-state index in [1.54, 1.807) is 19.1 Å². The van der Waals surface area contributed by atoms with Gasteiger partial charge in [-0.1, -0.05) is 0 Å². The van der Waals surface area contributed by atoms with Gasteiger partial charge in [-0.25, -0.2) is 16.8 Å². The molecule has 1 saturated heterocycles. The molecule has 0 aliphatic carbocycles. The van der Waals surface area contributed by atoms with E-state index in [1.165, 1.54) is 14.7 Å². The number of fused-ring (bicyclic) bond motifs is 1. The molecule has 122 valence electrons. The molecule has 1 aromatic carbocycles. The van der Waals surface area contributed by atoms with Gasteiger partial charge in [0.05, 0.1) is 16.3 Å². The molecule has 2 heterocycles. The second-order valence-corrected chi connectivity index (χ2v) is 9.74. The fraction of sp³-hybridized carbons (Fsp3) is 0.571. The van der Waals surface area contributed by atoms with Gasteiger partial charge in [0.1, 0.15) is 0 Å². The van der Waals surface area contributed by atoms with Gasteiger partial charge in [0.2, 0.25) is 20.0 Å². The van der Waals surface area contributed by atoms with Crippen LogP contribution in [0, 0.1) is 0 Å². The van der Waals surface area contributed by atoms with Gasteiger partial charge in [0.25, 0.3) is 0 Å². The van der Waals surface area contributed by atoms with Crippen LogP contribution in [-0.4, -0.2) is 46.5 Å². The highest BCUT2D eigenvalue weighted by Crippen LogP contribution is 2.33. The van der Waals surface area contributed by atoms with Crippen molar-refractivity contribution in [3.05, 3.63) is 23.8 Å². The molecule has 0 amide bonds. The molecule has 0 N–H and O–H groups in total. The van der Waals surface area contributed by atoms with Gasteiger partial charge in [0, 0.05) is 19.6 Å². The first-order valence-corrected chi connectivity index (χ1v) is 10.5. The van der Waals surface area contributed by atoms with Crippen molar-refractivity contribution in [2.75, 3.05) is 29.7 Å². The normalized spacial score (nSPS) is 19.6. The van der Waals surface area contributed by atoms with Gasteiger partial charge in [-0.3, -0.25) is 4.31 Å². The largest absolute Gasteiger partial charge is 0.270 e. The molecule has 8 heteroatoms. The smallest absolute Gasteiger partial charge is 0.243 e. The summed E-state index contributed by atoms with van der Waals surface area (Å²) in [6.45, 7) is 3.13. The van der Waals surface area contributed by atoms with Gasteiger partial charge < -0.3 is 0 Å². The van der Waals surface area contributed by atoms with Crippen molar-refractivity contribution in [1.82, 2.24) is 4.31 Å². The second kappa shape index (κ2) is 5.50. The molecule has 0 unspecified atom stereocenters. The van der Waals surface area contributed by atoms with Crippen molar-refractivity contribution in [3.8, 4) is 0 Å². The van der Waals surface area contributed by atoms with Crippen molar-refractivity contribution in [2.45, 2.75) is 31.1 Å².